The van der Waals surface area contributed by atoms with Crippen LogP contribution in [0.1, 0.15) is 13.3 Å². The summed E-state index contributed by atoms with van der Waals surface area (Å²) in [6, 6.07) is 5.61. The molecule has 3 unspecified atom stereocenters. The van der Waals surface area contributed by atoms with Crippen molar-refractivity contribution in [1.82, 2.24) is 5.32 Å². The van der Waals surface area contributed by atoms with E-state index in [9.17, 15) is 0 Å². The highest BCUT2D eigenvalue weighted by Crippen LogP contribution is 2.32. The molecular weight excluding hydrogens is 313 g/mol. The number of methoxy groups -OCH3 is 1. The Kier molecular flexibility index (Phi) is 6.58. The van der Waals surface area contributed by atoms with Gasteiger partial charge < -0.3 is 19.5 Å². The van der Waals surface area contributed by atoms with Crippen molar-refractivity contribution in [3.05, 3.63) is 28.2 Å². The van der Waals surface area contributed by atoms with Crippen molar-refractivity contribution in [1.29, 1.82) is 0 Å². The molecule has 0 bridgehead atoms. The molecule has 6 heteroatoms. The SMILES string of the molecule is CCNC1CC(Oc2ccc(Cl)c(Cl)c2)C1OCCOC. The second-order valence-electron chi connectivity index (χ2n) is 4.96. The number of likely N-dealkylation sites (N-methyl/N-ethyl adjacent to an activating group) is 1. The fourth-order valence-electron chi connectivity index (χ4n) is 2.37. The van der Waals surface area contributed by atoms with Crippen LogP contribution in [0.5, 0.6) is 5.75 Å². The fraction of sp³-hybridized carbons (Fsp3) is 0.600. The Hall–Kier alpha value is -0.520. The predicted octanol–water partition coefficient (Wildman–Crippen LogP) is 3.15. The standard InChI is InChI=1S/C15H21Cl2NO3/c1-3-18-13-9-14(15(13)20-7-6-19-2)21-10-4-5-11(16)12(17)8-10/h4-5,8,13-15,18H,3,6-7,9H2,1-2H3. The van der Waals surface area contributed by atoms with Crippen molar-refractivity contribution in [2.24, 2.45) is 0 Å². The van der Waals surface area contributed by atoms with Crippen LogP contribution >= 0.6 is 23.2 Å². The molecule has 0 aliphatic heterocycles. The van der Waals surface area contributed by atoms with Gasteiger partial charge in [-0.3, -0.25) is 0 Å². The first kappa shape index (κ1) is 16.8. The highest BCUT2D eigenvalue weighted by Gasteiger charge is 2.43. The molecule has 21 heavy (non-hydrogen) atoms. The fourth-order valence-corrected chi connectivity index (χ4v) is 2.66. The summed E-state index contributed by atoms with van der Waals surface area (Å²) < 4.78 is 16.8. The first-order valence-corrected chi connectivity index (χ1v) is 7.87. The van der Waals surface area contributed by atoms with Gasteiger partial charge in [0.1, 0.15) is 18.0 Å². The van der Waals surface area contributed by atoms with Crippen LogP contribution in [0.15, 0.2) is 18.2 Å². The summed E-state index contributed by atoms with van der Waals surface area (Å²) in [6.45, 7) is 4.13. The van der Waals surface area contributed by atoms with Crippen LogP contribution in [0.25, 0.3) is 0 Å². The molecule has 2 rings (SSSR count). The molecule has 0 amide bonds. The second-order valence-corrected chi connectivity index (χ2v) is 5.77. The maximum absolute atomic E-state index is 6.00. The average molecular weight is 334 g/mol. The van der Waals surface area contributed by atoms with Crippen molar-refractivity contribution in [2.75, 3.05) is 26.9 Å². The zero-order valence-electron chi connectivity index (χ0n) is 12.3. The maximum atomic E-state index is 6.00. The van der Waals surface area contributed by atoms with E-state index in [-0.39, 0.29) is 12.2 Å². The van der Waals surface area contributed by atoms with Gasteiger partial charge in [-0.25, -0.2) is 0 Å². The zero-order chi connectivity index (χ0) is 15.2. The van der Waals surface area contributed by atoms with Crippen molar-refractivity contribution in [3.63, 3.8) is 0 Å². The third-order valence-electron chi connectivity index (χ3n) is 3.49. The van der Waals surface area contributed by atoms with Gasteiger partial charge in [-0.15, -0.1) is 0 Å². The Balaban J connectivity index is 1.92. The Morgan fingerprint density at radius 2 is 2.05 bits per heavy atom. The molecule has 1 fully saturated rings. The van der Waals surface area contributed by atoms with Gasteiger partial charge in [0.2, 0.25) is 0 Å². The third kappa shape index (κ3) is 4.47. The van der Waals surface area contributed by atoms with E-state index < -0.39 is 0 Å². The lowest BCUT2D eigenvalue weighted by atomic mass is 9.85. The van der Waals surface area contributed by atoms with Crippen LogP contribution in [0.4, 0.5) is 0 Å². The van der Waals surface area contributed by atoms with Gasteiger partial charge >= 0.3 is 0 Å². The first-order valence-electron chi connectivity index (χ1n) is 7.11. The number of nitrogens with one attached hydrogen (secondary N) is 1. The summed E-state index contributed by atoms with van der Waals surface area (Å²) in [4.78, 5) is 0. The van der Waals surface area contributed by atoms with E-state index in [0.717, 1.165) is 13.0 Å². The van der Waals surface area contributed by atoms with E-state index in [1.165, 1.54) is 0 Å². The normalized spacial score (nSPS) is 24.7. The lowest BCUT2D eigenvalue weighted by molar-refractivity contribution is -0.115. The molecule has 1 aromatic carbocycles. The molecular formula is C15H21Cl2NO3. The van der Waals surface area contributed by atoms with E-state index in [1.54, 1.807) is 19.2 Å². The van der Waals surface area contributed by atoms with Crippen LogP contribution < -0.4 is 10.1 Å². The summed E-state index contributed by atoms with van der Waals surface area (Å²) in [5.74, 6) is 0.713. The molecule has 1 N–H and O–H groups in total. The molecule has 4 nitrogen and oxygen atoms in total. The summed E-state index contributed by atoms with van der Waals surface area (Å²) in [7, 11) is 1.66. The summed E-state index contributed by atoms with van der Waals surface area (Å²) >= 11 is 11.9. The largest absolute Gasteiger partial charge is 0.488 e. The van der Waals surface area contributed by atoms with Gasteiger partial charge in [0.25, 0.3) is 0 Å². The monoisotopic (exact) mass is 333 g/mol. The minimum Gasteiger partial charge on any atom is -0.488 e. The van der Waals surface area contributed by atoms with Crippen molar-refractivity contribution < 1.29 is 14.2 Å². The zero-order valence-corrected chi connectivity index (χ0v) is 13.8. The first-order chi connectivity index (χ1) is 10.2. The van der Waals surface area contributed by atoms with Gasteiger partial charge in [-0.2, -0.15) is 0 Å². The molecule has 0 radical (unpaired) electrons. The summed E-state index contributed by atoms with van der Waals surface area (Å²) in [5.41, 5.74) is 0. The molecule has 3 atom stereocenters. The number of hydrogen-bond acceptors (Lipinski definition) is 4. The number of halogens is 2. The van der Waals surface area contributed by atoms with Crippen LogP contribution in [-0.2, 0) is 9.47 Å². The molecule has 1 aromatic rings. The quantitative estimate of drug-likeness (QED) is 0.742. The molecule has 0 heterocycles. The van der Waals surface area contributed by atoms with Crippen LogP contribution in [0.2, 0.25) is 10.0 Å². The molecule has 0 aromatic heterocycles. The number of rotatable bonds is 8. The van der Waals surface area contributed by atoms with Crippen molar-refractivity contribution in [2.45, 2.75) is 31.6 Å². The van der Waals surface area contributed by atoms with Gasteiger partial charge in [-0.05, 0) is 18.7 Å². The Labute approximate surface area is 135 Å². The van der Waals surface area contributed by atoms with E-state index in [4.69, 9.17) is 37.4 Å². The highest BCUT2D eigenvalue weighted by molar-refractivity contribution is 6.42. The summed E-state index contributed by atoms with van der Waals surface area (Å²) in [5, 5.41) is 4.42. The molecule has 1 aliphatic rings. The maximum Gasteiger partial charge on any atom is 0.128 e. The van der Waals surface area contributed by atoms with E-state index >= 15 is 0 Å². The van der Waals surface area contributed by atoms with Gasteiger partial charge in [0, 0.05) is 25.6 Å². The van der Waals surface area contributed by atoms with Crippen LogP contribution in [-0.4, -0.2) is 45.1 Å². The topological polar surface area (TPSA) is 39.7 Å². The third-order valence-corrected chi connectivity index (χ3v) is 4.23. The van der Waals surface area contributed by atoms with Crippen LogP contribution in [0, 0.1) is 0 Å². The number of ether oxygens (including phenoxy) is 3. The van der Waals surface area contributed by atoms with Gasteiger partial charge in [0.05, 0.1) is 23.3 Å². The van der Waals surface area contributed by atoms with E-state index in [1.807, 2.05) is 6.07 Å². The Bertz CT molecular complexity index is 459. The molecule has 0 spiro atoms. The van der Waals surface area contributed by atoms with Gasteiger partial charge in [0.15, 0.2) is 0 Å². The van der Waals surface area contributed by atoms with Crippen molar-refractivity contribution in [3.8, 4) is 5.75 Å². The van der Waals surface area contributed by atoms with Crippen LogP contribution in [0.3, 0.4) is 0 Å². The number of benzene rings is 1. The van der Waals surface area contributed by atoms with Crippen molar-refractivity contribution >= 4 is 23.2 Å². The highest BCUT2D eigenvalue weighted by atomic mass is 35.5. The predicted molar refractivity (Wildman–Crippen MR) is 84.6 cm³/mol. The molecule has 1 aliphatic carbocycles. The minimum absolute atomic E-state index is 0.0168. The molecule has 118 valence electrons. The minimum atomic E-state index is 0.0168. The molecule has 1 saturated carbocycles. The lowest BCUT2D eigenvalue weighted by Crippen LogP contribution is -2.61. The second kappa shape index (κ2) is 8.20. The smallest absolute Gasteiger partial charge is 0.128 e. The summed E-state index contributed by atoms with van der Waals surface area (Å²) in [6.07, 6.45) is 0.948. The molecule has 0 saturated heterocycles. The average Bonchev–Trinajstić information content (AvgIpc) is 2.46. The lowest BCUT2D eigenvalue weighted by Gasteiger charge is -2.44. The van der Waals surface area contributed by atoms with Gasteiger partial charge in [-0.1, -0.05) is 30.1 Å². The Morgan fingerprint density at radius 3 is 2.71 bits per heavy atom. The van der Waals surface area contributed by atoms with E-state index in [0.29, 0.717) is 35.1 Å². The van der Waals surface area contributed by atoms with E-state index in [2.05, 4.69) is 12.2 Å². The number of hydrogen-bond donors (Lipinski definition) is 1. The Morgan fingerprint density at radius 1 is 1.24 bits per heavy atom.